The van der Waals surface area contributed by atoms with E-state index in [1.54, 1.807) is 18.2 Å². The van der Waals surface area contributed by atoms with Crippen molar-refractivity contribution < 1.29 is 18.7 Å². The van der Waals surface area contributed by atoms with Crippen LogP contribution in [0.5, 0.6) is 11.5 Å². The number of H-pyrrole nitrogens is 1. The van der Waals surface area contributed by atoms with E-state index in [0.29, 0.717) is 24.0 Å². The number of anilines is 1. The molecular formula is C19H21FN2O4. The lowest BCUT2D eigenvalue weighted by Crippen LogP contribution is -2.17. The molecule has 1 saturated carbocycles. The third-order valence-electron chi connectivity index (χ3n) is 4.40. The molecule has 6 nitrogen and oxygen atoms in total. The van der Waals surface area contributed by atoms with Crippen molar-refractivity contribution in [3.05, 3.63) is 52.4 Å². The van der Waals surface area contributed by atoms with Gasteiger partial charge in [0.05, 0.1) is 12.2 Å². The summed E-state index contributed by atoms with van der Waals surface area (Å²) in [4.78, 5) is 26.5. The zero-order valence-corrected chi connectivity index (χ0v) is 14.3. The van der Waals surface area contributed by atoms with Gasteiger partial charge in [-0.05, 0) is 43.0 Å². The number of pyridine rings is 1. The highest BCUT2D eigenvalue weighted by Gasteiger charge is 2.19. The molecular weight excluding hydrogens is 339 g/mol. The average molecular weight is 360 g/mol. The molecule has 0 atom stereocenters. The largest absolute Gasteiger partial charge is 0.492 e. The Morgan fingerprint density at radius 1 is 1.19 bits per heavy atom. The van der Waals surface area contributed by atoms with E-state index in [1.165, 1.54) is 31.2 Å². The highest BCUT2D eigenvalue weighted by Crippen LogP contribution is 2.29. The summed E-state index contributed by atoms with van der Waals surface area (Å²) in [6, 6.07) is 7.45. The van der Waals surface area contributed by atoms with Gasteiger partial charge in [0.15, 0.2) is 0 Å². The molecule has 1 aliphatic carbocycles. The van der Waals surface area contributed by atoms with Gasteiger partial charge in [-0.25, -0.2) is 4.39 Å². The third kappa shape index (κ3) is 4.62. The maximum atomic E-state index is 12.6. The molecule has 1 amide bonds. The summed E-state index contributed by atoms with van der Waals surface area (Å²) < 4.78 is 23.2. The van der Waals surface area contributed by atoms with E-state index in [-0.39, 0.29) is 16.9 Å². The predicted octanol–water partition coefficient (Wildman–Crippen LogP) is 3.50. The van der Waals surface area contributed by atoms with Crippen LogP contribution < -0.4 is 20.3 Å². The van der Waals surface area contributed by atoms with E-state index < -0.39 is 12.8 Å². The van der Waals surface area contributed by atoms with Crippen molar-refractivity contribution in [1.82, 2.24) is 4.98 Å². The van der Waals surface area contributed by atoms with E-state index in [9.17, 15) is 14.0 Å². The summed E-state index contributed by atoms with van der Waals surface area (Å²) in [5, 5.41) is 2.65. The number of benzene rings is 1. The molecule has 2 N–H and O–H groups in total. The Labute approximate surface area is 150 Å². The predicted molar refractivity (Wildman–Crippen MR) is 95.5 cm³/mol. The molecule has 1 heterocycles. The smallest absolute Gasteiger partial charge is 0.259 e. The molecule has 7 heteroatoms. The van der Waals surface area contributed by atoms with Crippen molar-refractivity contribution in [2.45, 2.75) is 25.7 Å². The highest BCUT2D eigenvalue weighted by molar-refractivity contribution is 6.06. The van der Waals surface area contributed by atoms with Gasteiger partial charge >= 0.3 is 0 Å². The molecule has 1 aromatic carbocycles. The Balaban J connectivity index is 1.79. The van der Waals surface area contributed by atoms with Crippen molar-refractivity contribution in [2.24, 2.45) is 5.92 Å². The fourth-order valence-electron chi connectivity index (χ4n) is 3.07. The van der Waals surface area contributed by atoms with E-state index in [0.717, 1.165) is 12.8 Å². The number of ether oxygens (including phenoxy) is 2. The Hall–Kier alpha value is -2.83. The Kier molecular flexibility index (Phi) is 5.88. The average Bonchev–Trinajstić information content (AvgIpc) is 3.14. The van der Waals surface area contributed by atoms with Crippen LogP contribution in [0, 0.1) is 5.92 Å². The van der Waals surface area contributed by atoms with E-state index in [1.807, 2.05) is 0 Å². The first kappa shape index (κ1) is 18.0. The van der Waals surface area contributed by atoms with Gasteiger partial charge < -0.3 is 19.8 Å². The van der Waals surface area contributed by atoms with Crippen LogP contribution in [-0.4, -0.2) is 24.4 Å². The van der Waals surface area contributed by atoms with Crippen molar-refractivity contribution in [2.75, 3.05) is 18.8 Å². The van der Waals surface area contributed by atoms with Crippen LogP contribution in [0.15, 0.2) is 41.3 Å². The molecule has 1 aromatic heterocycles. The normalized spacial score (nSPS) is 14.2. The molecule has 1 fully saturated rings. The van der Waals surface area contributed by atoms with Gasteiger partial charge in [-0.3, -0.25) is 9.59 Å². The summed E-state index contributed by atoms with van der Waals surface area (Å²) in [6.45, 7) is -0.452. The number of alkyl halides is 1. The fraction of sp³-hybridized carbons (Fsp3) is 0.368. The minimum atomic E-state index is -0.989. The summed E-state index contributed by atoms with van der Waals surface area (Å²) in [5.41, 5.74) is 0.265. The van der Waals surface area contributed by atoms with Gasteiger partial charge in [-0.15, -0.1) is 0 Å². The number of carbonyl (C=O) groups is 1. The Bertz CT molecular complexity index is 815. The van der Waals surface area contributed by atoms with Gasteiger partial charge in [-0.1, -0.05) is 12.8 Å². The lowest BCUT2D eigenvalue weighted by Gasteiger charge is -2.15. The highest BCUT2D eigenvalue weighted by atomic mass is 19.1. The molecule has 0 aliphatic heterocycles. The SMILES string of the molecule is O=C(Nc1cc[nH]c(=O)c1)c1cc(OCF)ccc1OCC1CCCC1. The van der Waals surface area contributed by atoms with Crippen LogP contribution in [0.25, 0.3) is 0 Å². The van der Waals surface area contributed by atoms with Crippen molar-refractivity contribution >= 4 is 11.6 Å². The molecule has 3 rings (SSSR count). The number of nitrogens with one attached hydrogen (secondary N) is 2. The van der Waals surface area contributed by atoms with Crippen molar-refractivity contribution in [1.29, 1.82) is 0 Å². The van der Waals surface area contributed by atoms with E-state index in [4.69, 9.17) is 9.47 Å². The molecule has 0 radical (unpaired) electrons. The number of hydrogen-bond donors (Lipinski definition) is 2. The first-order valence-electron chi connectivity index (χ1n) is 8.61. The van der Waals surface area contributed by atoms with Crippen molar-refractivity contribution in [3.63, 3.8) is 0 Å². The maximum Gasteiger partial charge on any atom is 0.259 e. The Morgan fingerprint density at radius 3 is 2.73 bits per heavy atom. The van der Waals surface area contributed by atoms with Crippen LogP contribution in [0.1, 0.15) is 36.0 Å². The third-order valence-corrected chi connectivity index (χ3v) is 4.40. The first-order valence-corrected chi connectivity index (χ1v) is 8.61. The lowest BCUT2D eigenvalue weighted by molar-refractivity contribution is 0.102. The molecule has 138 valence electrons. The van der Waals surface area contributed by atoms with Crippen LogP contribution >= 0.6 is 0 Å². The number of carbonyl (C=O) groups excluding carboxylic acids is 1. The summed E-state index contributed by atoms with van der Waals surface area (Å²) in [5.74, 6) is 0.670. The minimum Gasteiger partial charge on any atom is -0.492 e. The fourth-order valence-corrected chi connectivity index (χ4v) is 3.07. The van der Waals surface area contributed by atoms with Gasteiger partial charge in [-0.2, -0.15) is 0 Å². The first-order chi connectivity index (χ1) is 12.7. The zero-order chi connectivity index (χ0) is 18.4. The number of aromatic nitrogens is 1. The number of aromatic amines is 1. The molecule has 0 saturated heterocycles. The molecule has 0 unspecified atom stereocenters. The number of hydrogen-bond acceptors (Lipinski definition) is 4. The van der Waals surface area contributed by atoms with Crippen LogP contribution in [0.3, 0.4) is 0 Å². The number of amides is 1. The van der Waals surface area contributed by atoms with Gasteiger partial charge in [0, 0.05) is 18.0 Å². The van der Waals surface area contributed by atoms with Crippen LogP contribution in [-0.2, 0) is 0 Å². The quantitative estimate of drug-likeness (QED) is 0.792. The second-order valence-electron chi connectivity index (χ2n) is 6.27. The maximum absolute atomic E-state index is 12.6. The zero-order valence-electron chi connectivity index (χ0n) is 14.3. The second-order valence-corrected chi connectivity index (χ2v) is 6.27. The van der Waals surface area contributed by atoms with E-state index in [2.05, 4.69) is 10.3 Å². The molecule has 1 aliphatic rings. The topological polar surface area (TPSA) is 80.4 Å². The number of halogens is 1. The van der Waals surface area contributed by atoms with Gasteiger partial charge in [0.1, 0.15) is 11.5 Å². The molecule has 0 spiro atoms. The summed E-state index contributed by atoms with van der Waals surface area (Å²) >= 11 is 0. The molecule has 26 heavy (non-hydrogen) atoms. The van der Waals surface area contributed by atoms with Gasteiger partial charge in [0.2, 0.25) is 12.4 Å². The second kappa shape index (κ2) is 8.51. The number of rotatable bonds is 7. The molecule has 0 bridgehead atoms. The summed E-state index contributed by atoms with van der Waals surface area (Å²) in [6.07, 6.45) is 6.09. The minimum absolute atomic E-state index is 0.231. The summed E-state index contributed by atoms with van der Waals surface area (Å²) in [7, 11) is 0. The van der Waals surface area contributed by atoms with Crippen LogP contribution in [0.4, 0.5) is 10.1 Å². The van der Waals surface area contributed by atoms with Gasteiger partial charge in [0.25, 0.3) is 5.91 Å². The Morgan fingerprint density at radius 2 is 2.00 bits per heavy atom. The van der Waals surface area contributed by atoms with E-state index >= 15 is 0 Å². The molecule has 2 aromatic rings. The lowest BCUT2D eigenvalue weighted by atomic mass is 10.1. The van der Waals surface area contributed by atoms with Crippen molar-refractivity contribution in [3.8, 4) is 11.5 Å². The standard InChI is InChI=1S/C19H21FN2O4/c20-12-26-15-5-6-17(25-11-13-3-1-2-4-13)16(10-15)19(24)22-14-7-8-21-18(23)9-14/h5-10,13H,1-4,11-12H2,(H2,21,22,23,24). The monoisotopic (exact) mass is 360 g/mol. The van der Waals surface area contributed by atoms with Crippen LogP contribution in [0.2, 0.25) is 0 Å².